The minimum Gasteiger partial charge on any atom is -0.469 e. The van der Waals surface area contributed by atoms with Crippen molar-refractivity contribution in [1.82, 2.24) is 0 Å². The molecule has 0 aromatic carbocycles. The van der Waals surface area contributed by atoms with Gasteiger partial charge in [-0.15, -0.1) is 0 Å². The first-order valence-corrected chi connectivity index (χ1v) is 13.0. The van der Waals surface area contributed by atoms with Gasteiger partial charge in [-0.1, -0.05) is 51.4 Å². The van der Waals surface area contributed by atoms with Gasteiger partial charge in [0.25, 0.3) is 0 Å². The fourth-order valence-corrected chi connectivity index (χ4v) is 9.77. The third-order valence-corrected chi connectivity index (χ3v) is 11.9. The van der Waals surface area contributed by atoms with Crippen LogP contribution in [0.15, 0.2) is 16.8 Å². The highest BCUT2D eigenvalue weighted by molar-refractivity contribution is 5.89. The zero-order valence-electron chi connectivity index (χ0n) is 21.1. The maximum atomic E-state index is 13.3. The summed E-state index contributed by atoms with van der Waals surface area (Å²) in [6.07, 6.45) is 13.3. The largest absolute Gasteiger partial charge is 0.469 e. The van der Waals surface area contributed by atoms with Crippen LogP contribution in [0.2, 0.25) is 0 Å². The van der Waals surface area contributed by atoms with Crippen LogP contribution in [0.5, 0.6) is 0 Å². The van der Waals surface area contributed by atoms with Crippen LogP contribution in [0.3, 0.4) is 0 Å². The number of fused-ring (bicyclic) bond motifs is 7. The smallest absolute Gasteiger partial charge is 0.312 e. The van der Waals surface area contributed by atoms with Crippen molar-refractivity contribution in [2.45, 2.75) is 98.8 Å². The summed E-state index contributed by atoms with van der Waals surface area (Å²) >= 11 is 0. The number of esters is 1. The average molecular weight is 442 g/mol. The molecule has 0 aromatic rings. The standard InChI is InChI=1S/C28H43NO3/c1-24(2)13-15-28(23(30)32-6)16-14-26(4)18(20(28)17-24)7-8-22-25(3)11-10-21(29-31)19(25)9-12-27(22,26)5/h7,19-20,22,31H,8-17H2,1-6H3/b29-21+/t19?,20-,22+,25-,26+,27+,28-/m0/s1. The Hall–Kier alpha value is -1.32. The van der Waals surface area contributed by atoms with Gasteiger partial charge in [0.1, 0.15) is 0 Å². The van der Waals surface area contributed by atoms with E-state index in [0.29, 0.717) is 17.8 Å². The molecule has 32 heavy (non-hydrogen) atoms. The molecule has 4 saturated carbocycles. The summed E-state index contributed by atoms with van der Waals surface area (Å²) in [6.45, 7) is 12.3. The number of allylic oxidation sites excluding steroid dienone is 2. The Balaban J connectivity index is 1.60. The van der Waals surface area contributed by atoms with Gasteiger partial charge in [0.15, 0.2) is 0 Å². The van der Waals surface area contributed by atoms with Gasteiger partial charge in [-0.25, -0.2) is 0 Å². The van der Waals surface area contributed by atoms with Gasteiger partial charge in [-0.05, 0) is 97.7 Å². The summed E-state index contributed by atoms with van der Waals surface area (Å²) in [5, 5.41) is 13.4. The lowest BCUT2D eigenvalue weighted by Gasteiger charge is -2.68. The molecule has 5 aliphatic carbocycles. The SMILES string of the molecule is COC(=O)[C@]12CCC(C)(C)C[C@H]1C1=CC[C@@H]3[C@@]4(C)CC/C(=N\O)C4CC[C@@]3(C)[C@]1(C)CC2. The molecular weight excluding hydrogens is 398 g/mol. The van der Waals surface area contributed by atoms with E-state index in [9.17, 15) is 10.0 Å². The summed E-state index contributed by atoms with van der Waals surface area (Å²) in [5.74, 6) is 1.36. The second-order valence-corrected chi connectivity index (χ2v) is 13.5. The molecule has 0 spiro atoms. The number of hydrogen-bond acceptors (Lipinski definition) is 4. The number of ether oxygens (including phenoxy) is 1. The highest BCUT2D eigenvalue weighted by Gasteiger charge is 2.68. The van der Waals surface area contributed by atoms with Crippen molar-refractivity contribution < 1.29 is 14.7 Å². The highest BCUT2D eigenvalue weighted by Crippen LogP contribution is 2.74. The Labute approximate surface area is 194 Å². The van der Waals surface area contributed by atoms with E-state index in [0.717, 1.165) is 63.5 Å². The fourth-order valence-electron chi connectivity index (χ4n) is 9.77. The van der Waals surface area contributed by atoms with Crippen molar-refractivity contribution in [2.24, 2.45) is 50.0 Å². The summed E-state index contributed by atoms with van der Waals surface area (Å²) in [4.78, 5) is 13.3. The van der Waals surface area contributed by atoms with Crippen LogP contribution in [-0.4, -0.2) is 24.0 Å². The van der Waals surface area contributed by atoms with Gasteiger partial charge in [0, 0.05) is 5.92 Å². The molecule has 4 heteroatoms. The zero-order chi connectivity index (χ0) is 23.2. The fraction of sp³-hybridized carbons (Fsp3) is 0.857. The molecule has 178 valence electrons. The average Bonchev–Trinajstić information content (AvgIpc) is 3.09. The van der Waals surface area contributed by atoms with Crippen molar-refractivity contribution in [3.63, 3.8) is 0 Å². The van der Waals surface area contributed by atoms with E-state index in [1.54, 1.807) is 12.7 Å². The molecule has 4 nitrogen and oxygen atoms in total. The van der Waals surface area contributed by atoms with Crippen LogP contribution >= 0.6 is 0 Å². The highest BCUT2D eigenvalue weighted by atomic mass is 16.5. The van der Waals surface area contributed by atoms with Crippen LogP contribution in [0.25, 0.3) is 0 Å². The van der Waals surface area contributed by atoms with Gasteiger partial charge in [-0.3, -0.25) is 4.79 Å². The third kappa shape index (κ3) is 2.61. The molecule has 1 N–H and O–H groups in total. The molecule has 0 radical (unpaired) electrons. The van der Waals surface area contributed by atoms with E-state index in [2.05, 4.69) is 45.9 Å². The van der Waals surface area contributed by atoms with Crippen molar-refractivity contribution in [3.05, 3.63) is 11.6 Å². The van der Waals surface area contributed by atoms with E-state index in [1.165, 1.54) is 6.42 Å². The molecule has 7 atom stereocenters. The van der Waals surface area contributed by atoms with E-state index in [-0.39, 0.29) is 33.0 Å². The predicted molar refractivity (Wildman–Crippen MR) is 126 cm³/mol. The van der Waals surface area contributed by atoms with Crippen LogP contribution in [0.4, 0.5) is 0 Å². The van der Waals surface area contributed by atoms with E-state index in [4.69, 9.17) is 4.74 Å². The molecule has 0 saturated heterocycles. The number of nitrogens with zero attached hydrogens (tertiary/aromatic N) is 1. The van der Waals surface area contributed by atoms with Gasteiger partial charge in [0.05, 0.1) is 18.2 Å². The molecular formula is C28H43NO3. The molecule has 5 rings (SSSR count). The van der Waals surface area contributed by atoms with Crippen molar-refractivity contribution in [1.29, 1.82) is 0 Å². The van der Waals surface area contributed by atoms with Crippen LogP contribution in [0, 0.1) is 44.8 Å². The van der Waals surface area contributed by atoms with E-state index in [1.807, 2.05) is 0 Å². The van der Waals surface area contributed by atoms with Crippen LogP contribution < -0.4 is 0 Å². The summed E-state index contributed by atoms with van der Waals surface area (Å²) < 4.78 is 5.46. The Morgan fingerprint density at radius 2 is 1.75 bits per heavy atom. The molecule has 0 heterocycles. The summed E-state index contributed by atoms with van der Waals surface area (Å²) in [6, 6.07) is 0. The molecule has 0 bridgehead atoms. The maximum absolute atomic E-state index is 13.3. The molecule has 4 fully saturated rings. The summed E-state index contributed by atoms with van der Waals surface area (Å²) in [7, 11) is 1.58. The Bertz CT molecular complexity index is 889. The number of carbonyl (C=O) groups is 1. The number of methoxy groups -OCH3 is 1. The second kappa shape index (κ2) is 6.85. The van der Waals surface area contributed by atoms with Crippen molar-refractivity contribution in [3.8, 4) is 0 Å². The second-order valence-electron chi connectivity index (χ2n) is 13.5. The third-order valence-electron chi connectivity index (χ3n) is 11.9. The molecule has 5 aliphatic rings. The van der Waals surface area contributed by atoms with Gasteiger partial charge >= 0.3 is 5.97 Å². The van der Waals surface area contributed by atoms with Crippen LogP contribution in [0.1, 0.15) is 98.8 Å². The first kappa shape index (κ1) is 22.5. The minimum absolute atomic E-state index is 0.0310. The Kier molecular flexibility index (Phi) is 4.81. The predicted octanol–water partition coefficient (Wildman–Crippen LogP) is 6.77. The molecule has 0 aliphatic heterocycles. The molecule has 0 aromatic heterocycles. The maximum Gasteiger partial charge on any atom is 0.312 e. The normalized spacial score (nSPS) is 50.5. The van der Waals surface area contributed by atoms with Crippen molar-refractivity contribution in [2.75, 3.05) is 7.11 Å². The zero-order valence-corrected chi connectivity index (χ0v) is 21.1. The topological polar surface area (TPSA) is 58.9 Å². The minimum atomic E-state index is -0.329. The monoisotopic (exact) mass is 441 g/mol. The lowest BCUT2D eigenvalue weighted by Crippen LogP contribution is -2.62. The number of oxime groups is 1. The molecule has 0 amide bonds. The molecule has 1 unspecified atom stereocenters. The van der Waals surface area contributed by atoms with Gasteiger partial charge < -0.3 is 9.94 Å². The van der Waals surface area contributed by atoms with E-state index >= 15 is 0 Å². The Morgan fingerprint density at radius 3 is 2.44 bits per heavy atom. The lowest BCUT2D eigenvalue weighted by molar-refractivity contribution is -0.173. The van der Waals surface area contributed by atoms with Gasteiger partial charge in [-0.2, -0.15) is 0 Å². The van der Waals surface area contributed by atoms with E-state index < -0.39 is 0 Å². The lowest BCUT2D eigenvalue weighted by atomic mass is 9.36. The number of hydrogen-bond donors (Lipinski definition) is 1. The Morgan fingerprint density at radius 1 is 1.03 bits per heavy atom. The number of carbonyl (C=O) groups excluding carboxylic acids is 1. The number of rotatable bonds is 1. The first-order valence-electron chi connectivity index (χ1n) is 13.0. The first-order chi connectivity index (χ1) is 15.0. The quantitative estimate of drug-likeness (QED) is 0.211. The summed E-state index contributed by atoms with van der Waals surface area (Å²) in [5.41, 5.74) is 3.11. The van der Waals surface area contributed by atoms with Crippen molar-refractivity contribution >= 4 is 11.7 Å². The van der Waals surface area contributed by atoms with Crippen LogP contribution in [-0.2, 0) is 9.53 Å². The van der Waals surface area contributed by atoms with Gasteiger partial charge in [0.2, 0.25) is 0 Å².